The topological polar surface area (TPSA) is 72.8 Å². The molecule has 0 aliphatic heterocycles. The van der Waals surface area contributed by atoms with Gasteiger partial charge < -0.3 is 20.4 Å². The van der Waals surface area contributed by atoms with Gasteiger partial charge in [0.05, 0.1) is 12.2 Å². The molecule has 0 aromatic carbocycles. The van der Waals surface area contributed by atoms with Gasteiger partial charge >= 0.3 is 0 Å². The fraction of sp³-hybridized carbons (Fsp3) is 0.968. The Hall–Kier alpha value is -0.650. The van der Waals surface area contributed by atoms with Gasteiger partial charge in [-0.05, 0) is 131 Å². The van der Waals surface area contributed by atoms with Crippen molar-refractivity contribution in [2.24, 2.45) is 52.3 Å². The number of carbonyl (C=O) groups is 1. The number of hydrogen-bond donors (Lipinski definition) is 3. The van der Waals surface area contributed by atoms with E-state index in [-0.39, 0.29) is 28.9 Å². The van der Waals surface area contributed by atoms with E-state index in [1.165, 1.54) is 25.7 Å². The maximum absolute atomic E-state index is 12.5. The lowest BCUT2D eigenvalue weighted by Gasteiger charge is -2.64. The maximum atomic E-state index is 12.5. The highest BCUT2D eigenvalue weighted by Crippen LogP contribution is 2.69. The van der Waals surface area contributed by atoms with Crippen molar-refractivity contribution in [1.29, 1.82) is 0 Å². The van der Waals surface area contributed by atoms with Crippen molar-refractivity contribution in [2.45, 2.75) is 111 Å². The van der Waals surface area contributed by atoms with Gasteiger partial charge in [-0.2, -0.15) is 0 Å². The lowest BCUT2D eigenvalue weighted by molar-refractivity contribution is -0.203. The Labute approximate surface area is 221 Å². The van der Waals surface area contributed by atoms with Crippen LogP contribution in [0.3, 0.4) is 0 Å². The first-order valence-corrected chi connectivity index (χ1v) is 15.3. The van der Waals surface area contributed by atoms with Crippen LogP contribution in [-0.4, -0.2) is 60.4 Å². The van der Waals surface area contributed by atoms with Gasteiger partial charge in [-0.3, -0.25) is 4.79 Å². The SMILES string of the molecule is CC[C@H]1[C@@H](O)[C@@H]2[C@H](CC[C@]3(C)[C@@H]([C@H](C)CCC(=O)NCCCN(C)C)CC[C@@H]23)[C@@]2(C)CC[C@@H](O)C[C@@H]12. The van der Waals surface area contributed by atoms with E-state index in [1.54, 1.807) is 0 Å². The van der Waals surface area contributed by atoms with E-state index in [2.05, 4.69) is 52.0 Å². The quantitative estimate of drug-likeness (QED) is 0.382. The summed E-state index contributed by atoms with van der Waals surface area (Å²) in [6.07, 6.45) is 11.1. The molecule has 4 fully saturated rings. The summed E-state index contributed by atoms with van der Waals surface area (Å²) >= 11 is 0. The molecule has 0 unspecified atom stereocenters. The molecule has 0 aromatic heterocycles. The minimum atomic E-state index is -0.227. The second-order valence-corrected chi connectivity index (χ2v) is 14.1. The predicted molar refractivity (Wildman–Crippen MR) is 146 cm³/mol. The largest absolute Gasteiger partial charge is 0.393 e. The molecule has 4 rings (SSSR count). The van der Waals surface area contributed by atoms with Crippen molar-refractivity contribution in [3.8, 4) is 0 Å². The standard InChI is InChI=1S/C31H56N2O3/c1-7-22-26-19-21(34)13-15-31(26,4)25-14-16-30(3)23(10-11-24(30)28(25)29(22)36)20(2)9-12-27(35)32-17-8-18-33(5)6/h20-26,28-29,34,36H,7-19H2,1-6H3,(H,32,35)/t20-,21-,22-,23-,24+,25+,26+,28+,29-,30-,31-/m1/s1. The molecule has 1 amide bonds. The van der Waals surface area contributed by atoms with Crippen molar-refractivity contribution < 1.29 is 15.0 Å². The number of fused-ring (bicyclic) bond motifs is 5. The second kappa shape index (κ2) is 11.2. The summed E-state index contributed by atoms with van der Waals surface area (Å²) in [5.74, 6) is 3.76. The first-order chi connectivity index (χ1) is 17.0. The van der Waals surface area contributed by atoms with Crippen LogP contribution in [0, 0.1) is 52.3 Å². The molecule has 0 heterocycles. The number of nitrogens with one attached hydrogen (secondary N) is 1. The van der Waals surface area contributed by atoms with Crippen molar-refractivity contribution in [3.63, 3.8) is 0 Å². The Morgan fingerprint density at radius 3 is 2.42 bits per heavy atom. The molecule has 208 valence electrons. The van der Waals surface area contributed by atoms with E-state index in [0.29, 0.717) is 47.8 Å². The maximum Gasteiger partial charge on any atom is 0.220 e. The third kappa shape index (κ3) is 5.15. The fourth-order valence-electron chi connectivity index (χ4n) is 10.2. The molecule has 4 aliphatic rings. The normalized spacial score (nSPS) is 45.0. The van der Waals surface area contributed by atoms with Gasteiger partial charge in [-0.25, -0.2) is 0 Å². The van der Waals surface area contributed by atoms with Gasteiger partial charge in [0.15, 0.2) is 0 Å². The number of rotatable bonds is 9. The van der Waals surface area contributed by atoms with Crippen molar-refractivity contribution in [2.75, 3.05) is 27.2 Å². The molecule has 0 bridgehead atoms. The van der Waals surface area contributed by atoms with Gasteiger partial charge in [0.1, 0.15) is 0 Å². The Morgan fingerprint density at radius 2 is 1.72 bits per heavy atom. The molecule has 4 saturated carbocycles. The van der Waals surface area contributed by atoms with Crippen LogP contribution in [0.5, 0.6) is 0 Å². The smallest absolute Gasteiger partial charge is 0.220 e. The van der Waals surface area contributed by atoms with E-state index in [0.717, 1.165) is 51.6 Å². The number of nitrogens with zero attached hydrogens (tertiary/aromatic N) is 1. The van der Waals surface area contributed by atoms with Crippen molar-refractivity contribution in [1.82, 2.24) is 10.2 Å². The monoisotopic (exact) mass is 504 g/mol. The van der Waals surface area contributed by atoms with Crippen LogP contribution in [0.2, 0.25) is 0 Å². The van der Waals surface area contributed by atoms with Gasteiger partial charge in [0.2, 0.25) is 5.91 Å². The molecular formula is C31H56N2O3. The summed E-state index contributed by atoms with van der Waals surface area (Å²) < 4.78 is 0. The Balaban J connectivity index is 1.42. The van der Waals surface area contributed by atoms with Crippen LogP contribution < -0.4 is 5.32 Å². The van der Waals surface area contributed by atoms with E-state index < -0.39 is 0 Å². The third-order valence-corrected chi connectivity index (χ3v) is 12.1. The third-order valence-electron chi connectivity index (χ3n) is 12.1. The van der Waals surface area contributed by atoms with Gasteiger partial charge in [-0.1, -0.05) is 34.1 Å². The summed E-state index contributed by atoms with van der Waals surface area (Å²) in [6, 6.07) is 0. The highest BCUT2D eigenvalue weighted by Gasteiger charge is 2.64. The predicted octanol–water partition coefficient (Wildman–Crippen LogP) is 5.10. The van der Waals surface area contributed by atoms with Crippen molar-refractivity contribution >= 4 is 5.91 Å². The fourth-order valence-corrected chi connectivity index (χ4v) is 10.2. The van der Waals surface area contributed by atoms with Crippen LogP contribution in [0.1, 0.15) is 98.3 Å². The molecule has 36 heavy (non-hydrogen) atoms. The molecule has 4 aliphatic carbocycles. The lowest BCUT2D eigenvalue weighted by Crippen LogP contribution is -2.62. The summed E-state index contributed by atoms with van der Waals surface area (Å²) in [5, 5.41) is 25.5. The zero-order valence-corrected chi connectivity index (χ0v) is 24.1. The van der Waals surface area contributed by atoms with Gasteiger partial charge in [0, 0.05) is 13.0 Å². The molecule has 0 aromatic rings. The Bertz CT molecular complexity index is 758. The van der Waals surface area contributed by atoms with Crippen LogP contribution in [-0.2, 0) is 4.79 Å². The van der Waals surface area contributed by atoms with Crippen LogP contribution in [0.25, 0.3) is 0 Å². The molecule has 0 saturated heterocycles. The zero-order valence-electron chi connectivity index (χ0n) is 24.1. The molecule has 5 heteroatoms. The molecule has 3 N–H and O–H groups in total. The van der Waals surface area contributed by atoms with Crippen LogP contribution >= 0.6 is 0 Å². The lowest BCUT2D eigenvalue weighted by atomic mass is 9.41. The summed E-state index contributed by atoms with van der Waals surface area (Å²) in [7, 11) is 4.14. The first kappa shape index (κ1) is 28.4. The minimum Gasteiger partial charge on any atom is -0.393 e. The number of aliphatic hydroxyl groups excluding tert-OH is 2. The van der Waals surface area contributed by atoms with Gasteiger partial charge in [0.25, 0.3) is 0 Å². The van der Waals surface area contributed by atoms with Crippen LogP contribution in [0.4, 0.5) is 0 Å². The molecular weight excluding hydrogens is 448 g/mol. The highest BCUT2D eigenvalue weighted by molar-refractivity contribution is 5.75. The zero-order chi connectivity index (χ0) is 26.3. The number of hydrogen-bond acceptors (Lipinski definition) is 4. The van der Waals surface area contributed by atoms with E-state index in [1.807, 2.05) is 0 Å². The molecule has 0 radical (unpaired) electrons. The number of aliphatic hydroxyl groups is 2. The molecule has 0 spiro atoms. The van der Waals surface area contributed by atoms with E-state index in [9.17, 15) is 15.0 Å². The average molecular weight is 505 g/mol. The van der Waals surface area contributed by atoms with Crippen molar-refractivity contribution in [3.05, 3.63) is 0 Å². The highest BCUT2D eigenvalue weighted by atomic mass is 16.3. The minimum absolute atomic E-state index is 0.184. The van der Waals surface area contributed by atoms with E-state index in [4.69, 9.17) is 0 Å². The summed E-state index contributed by atoms with van der Waals surface area (Å²) in [6.45, 7) is 11.5. The summed E-state index contributed by atoms with van der Waals surface area (Å²) in [4.78, 5) is 14.6. The average Bonchev–Trinajstić information content (AvgIpc) is 3.18. The molecule has 11 atom stereocenters. The van der Waals surface area contributed by atoms with E-state index >= 15 is 0 Å². The Kier molecular flexibility index (Phi) is 8.84. The number of amides is 1. The second-order valence-electron chi connectivity index (χ2n) is 14.1. The molecule has 5 nitrogen and oxygen atoms in total. The first-order valence-electron chi connectivity index (χ1n) is 15.3. The Morgan fingerprint density at radius 1 is 1.03 bits per heavy atom. The number of carbonyl (C=O) groups excluding carboxylic acids is 1. The summed E-state index contributed by atoms with van der Waals surface area (Å²) in [5.41, 5.74) is 0.541. The van der Waals surface area contributed by atoms with Gasteiger partial charge in [-0.15, -0.1) is 0 Å². The van der Waals surface area contributed by atoms with Crippen LogP contribution in [0.15, 0.2) is 0 Å².